The molecule has 1 fully saturated rings. The molecule has 0 radical (unpaired) electrons. The number of nitrogens with one attached hydrogen (secondary N) is 1. The summed E-state index contributed by atoms with van der Waals surface area (Å²) in [6.45, 7) is 0. The van der Waals surface area contributed by atoms with Crippen molar-refractivity contribution in [2.45, 2.75) is 31.3 Å². The number of hydrogen-bond acceptors (Lipinski definition) is 3. The Morgan fingerprint density at radius 1 is 1.60 bits per heavy atom. The van der Waals surface area contributed by atoms with E-state index in [-0.39, 0.29) is 23.2 Å². The molecule has 3 N–H and O–H groups in total. The number of amides is 1. The average molecular weight is 229 g/mol. The Kier molecular flexibility index (Phi) is 2.98. The predicted molar refractivity (Wildman–Crippen MR) is 56.8 cm³/mol. The molecule has 1 amide bonds. The molecule has 0 spiro atoms. The normalized spacial score (nSPS) is 25.5. The Balaban J connectivity index is 2.01. The first-order valence-corrected chi connectivity index (χ1v) is 5.35. The van der Waals surface area contributed by atoms with Crippen molar-refractivity contribution in [1.29, 1.82) is 0 Å². The van der Waals surface area contributed by atoms with Crippen molar-refractivity contribution in [1.82, 2.24) is 5.32 Å². The van der Waals surface area contributed by atoms with Gasteiger partial charge >= 0.3 is 0 Å². The summed E-state index contributed by atoms with van der Waals surface area (Å²) >= 11 is 5.70. The lowest BCUT2D eigenvalue weighted by Crippen LogP contribution is -2.43. The highest BCUT2D eigenvalue weighted by Crippen LogP contribution is 2.20. The molecule has 2 unspecified atom stereocenters. The van der Waals surface area contributed by atoms with Crippen LogP contribution < -0.4 is 11.1 Å². The molecule has 5 heteroatoms. The highest BCUT2D eigenvalue weighted by Gasteiger charge is 2.26. The van der Waals surface area contributed by atoms with Crippen LogP contribution in [0.5, 0.6) is 0 Å². The number of hydrogen-bond donors (Lipinski definition) is 2. The molecule has 0 saturated heterocycles. The van der Waals surface area contributed by atoms with Crippen LogP contribution in [0.4, 0.5) is 0 Å². The SMILES string of the molecule is NC1CCCC1NC(=O)c1ccoc1Cl. The van der Waals surface area contributed by atoms with Crippen LogP contribution in [-0.2, 0) is 0 Å². The van der Waals surface area contributed by atoms with Crippen LogP contribution in [0.15, 0.2) is 16.7 Å². The van der Waals surface area contributed by atoms with E-state index in [0.717, 1.165) is 19.3 Å². The molecular formula is C10H13ClN2O2. The van der Waals surface area contributed by atoms with Gasteiger partial charge in [-0.05, 0) is 36.9 Å². The predicted octanol–water partition coefficient (Wildman–Crippen LogP) is 1.54. The maximum absolute atomic E-state index is 11.7. The molecule has 2 atom stereocenters. The summed E-state index contributed by atoms with van der Waals surface area (Å²) in [5.41, 5.74) is 6.22. The molecule has 1 aliphatic rings. The topological polar surface area (TPSA) is 68.3 Å². The molecule has 0 aliphatic heterocycles. The minimum absolute atomic E-state index is 0.0552. The molecule has 15 heavy (non-hydrogen) atoms. The third-order valence-electron chi connectivity index (χ3n) is 2.75. The Bertz CT molecular complexity index is 364. The van der Waals surface area contributed by atoms with Crippen molar-refractivity contribution in [3.05, 3.63) is 23.1 Å². The molecule has 82 valence electrons. The summed E-state index contributed by atoms with van der Waals surface area (Å²) in [6.07, 6.45) is 4.35. The highest BCUT2D eigenvalue weighted by atomic mass is 35.5. The lowest BCUT2D eigenvalue weighted by molar-refractivity contribution is 0.0934. The number of halogens is 1. The van der Waals surface area contributed by atoms with Crippen molar-refractivity contribution < 1.29 is 9.21 Å². The van der Waals surface area contributed by atoms with Gasteiger partial charge in [-0.1, -0.05) is 0 Å². The molecule has 0 aromatic carbocycles. The maximum atomic E-state index is 11.7. The zero-order chi connectivity index (χ0) is 10.8. The zero-order valence-electron chi connectivity index (χ0n) is 8.20. The monoisotopic (exact) mass is 228 g/mol. The Morgan fingerprint density at radius 2 is 2.40 bits per heavy atom. The number of carbonyl (C=O) groups is 1. The molecular weight excluding hydrogens is 216 g/mol. The van der Waals surface area contributed by atoms with Crippen LogP contribution in [0.3, 0.4) is 0 Å². The first kappa shape index (κ1) is 10.5. The number of carbonyl (C=O) groups excluding carboxylic acids is 1. The van der Waals surface area contributed by atoms with Crippen molar-refractivity contribution >= 4 is 17.5 Å². The lowest BCUT2D eigenvalue weighted by atomic mass is 10.2. The van der Waals surface area contributed by atoms with Crippen molar-refractivity contribution in [2.75, 3.05) is 0 Å². The van der Waals surface area contributed by atoms with Gasteiger partial charge in [0, 0.05) is 12.1 Å². The Labute approximate surface area is 92.8 Å². The third kappa shape index (κ3) is 2.16. The number of nitrogens with two attached hydrogens (primary N) is 1. The van der Waals surface area contributed by atoms with E-state index in [0.29, 0.717) is 5.56 Å². The highest BCUT2D eigenvalue weighted by molar-refractivity contribution is 6.32. The molecule has 1 aromatic rings. The smallest absolute Gasteiger partial charge is 0.256 e. The van der Waals surface area contributed by atoms with E-state index in [9.17, 15) is 4.79 Å². The van der Waals surface area contributed by atoms with Gasteiger partial charge < -0.3 is 15.5 Å². The van der Waals surface area contributed by atoms with Crippen LogP contribution in [-0.4, -0.2) is 18.0 Å². The van der Waals surface area contributed by atoms with Crippen LogP contribution in [0, 0.1) is 0 Å². The van der Waals surface area contributed by atoms with Crippen LogP contribution in [0.25, 0.3) is 0 Å². The zero-order valence-corrected chi connectivity index (χ0v) is 8.96. The Morgan fingerprint density at radius 3 is 2.93 bits per heavy atom. The van der Waals surface area contributed by atoms with Gasteiger partial charge in [-0.25, -0.2) is 0 Å². The molecule has 1 saturated carbocycles. The number of rotatable bonds is 2. The molecule has 2 rings (SSSR count). The summed E-state index contributed by atoms with van der Waals surface area (Å²) in [7, 11) is 0. The van der Waals surface area contributed by atoms with Gasteiger partial charge in [0.1, 0.15) is 0 Å². The molecule has 1 heterocycles. The van der Waals surface area contributed by atoms with E-state index in [1.807, 2.05) is 0 Å². The van der Waals surface area contributed by atoms with E-state index in [4.69, 9.17) is 21.8 Å². The molecule has 1 aliphatic carbocycles. The first-order valence-electron chi connectivity index (χ1n) is 4.98. The second-order valence-corrected chi connectivity index (χ2v) is 4.13. The quantitative estimate of drug-likeness (QED) is 0.807. The van der Waals surface area contributed by atoms with Gasteiger partial charge in [-0.2, -0.15) is 0 Å². The minimum atomic E-state index is -0.212. The summed E-state index contributed by atoms with van der Waals surface area (Å²) in [5, 5.41) is 2.99. The van der Waals surface area contributed by atoms with Crippen molar-refractivity contribution in [3.63, 3.8) is 0 Å². The third-order valence-corrected chi connectivity index (χ3v) is 3.04. The van der Waals surface area contributed by atoms with Crippen LogP contribution in [0.2, 0.25) is 5.22 Å². The van der Waals surface area contributed by atoms with Crippen molar-refractivity contribution in [3.8, 4) is 0 Å². The van der Waals surface area contributed by atoms with Crippen LogP contribution in [0.1, 0.15) is 29.6 Å². The van der Waals surface area contributed by atoms with Crippen molar-refractivity contribution in [2.24, 2.45) is 5.73 Å². The second-order valence-electron chi connectivity index (χ2n) is 3.78. The maximum Gasteiger partial charge on any atom is 0.256 e. The van der Waals surface area contributed by atoms with E-state index in [1.165, 1.54) is 6.26 Å². The van der Waals surface area contributed by atoms with Gasteiger partial charge in [-0.15, -0.1) is 0 Å². The van der Waals surface area contributed by atoms with E-state index in [2.05, 4.69) is 5.32 Å². The first-order chi connectivity index (χ1) is 7.18. The molecule has 0 bridgehead atoms. The standard InChI is InChI=1S/C10H13ClN2O2/c11-9-6(4-5-15-9)10(14)13-8-3-1-2-7(8)12/h4-5,7-8H,1-3,12H2,(H,13,14). The fourth-order valence-electron chi connectivity index (χ4n) is 1.87. The second kappa shape index (κ2) is 4.24. The fraction of sp³-hybridized carbons (Fsp3) is 0.500. The minimum Gasteiger partial charge on any atom is -0.452 e. The molecule has 4 nitrogen and oxygen atoms in total. The summed E-state index contributed by atoms with van der Waals surface area (Å²) in [4.78, 5) is 11.7. The van der Waals surface area contributed by atoms with Gasteiger partial charge in [0.15, 0.2) is 0 Å². The average Bonchev–Trinajstić information content (AvgIpc) is 2.76. The van der Waals surface area contributed by atoms with E-state index in [1.54, 1.807) is 6.07 Å². The summed E-state index contributed by atoms with van der Waals surface area (Å²) < 4.78 is 4.85. The van der Waals surface area contributed by atoms with Gasteiger partial charge in [-0.3, -0.25) is 4.79 Å². The Hall–Kier alpha value is -1.00. The van der Waals surface area contributed by atoms with Crippen LogP contribution >= 0.6 is 11.6 Å². The summed E-state index contributed by atoms with van der Waals surface area (Å²) in [5.74, 6) is -0.212. The fourth-order valence-corrected chi connectivity index (χ4v) is 2.07. The van der Waals surface area contributed by atoms with Gasteiger partial charge in [0.25, 0.3) is 5.91 Å². The van der Waals surface area contributed by atoms with Gasteiger partial charge in [0.2, 0.25) is 5.22 Å². The number of furan rings is 1. The largest absolute Gasteiger partial charge is 0.452 e. The lowest BCUT2D eigenvalue weighted by Gasteiger charge is -2.16. The van der Waals surface area contributed by atoms with E-state index >= 15 is 0 Å². The molecule has 1 aromatic heterocycles. The van der Waals surface area contributed by atoms with Gasteiger partial charge in [0.05, 0.1) is 11.8 Å². The summed E-state index contributed by atoms with van der Waals surface area (Å²) in [6, 6.07) is 1.67. The van der Waals surface area contributed by atoms with E-state index < -0.39 is 0 Å².